The number of unbranched alkanes of at least 4 members (excludes halogenated alkanes) is 12. The van der Waals surface area contributed by atoms with Crippen molar-refractivity contribution in [1.82, 2.24) is 0 Å². The monoisotopic (exact) mass is 553 g/mol. The molecule has 1 atom stereocenters. The van der Waals surface area contributed by atoms with Gasteiger partial charge in [0.25, 0.3) is 7.82 Å². The van der Waals surface area contributed by atoms with Gasteiger partial charge in [-0.25, -0.2) is 0 Å². The molecule has 0 aromatic heterocycles. The van der Waals surface area contributed by atoms with Crippen LogP contribution in [0.5, 0.6) is 5.75 Å². The average Bonchev–Trinajstić information content (AvgIpc) is 2.85. The summed E-state index contributed by atoms with van der Waals surface area (Å²) in [7, 11) is 1.65. The van der Waals surface area contributed by atoms with E-state index in [1.54, 1.807) is 0 Å². The number of phosphoric acid groups is 1. The van der Waals surface area contributed by atoms with E-state index in [4.69, 9.17) is 13.8 Å². The molecular weight excluding hydrogens is 497 g/mol. The molecule has 0 bridgehead atoms. The Kier molecular flexibility index (Phi) is 19.8. The first kappa shape index (κ1) is 34.9. The summed E-state index contributed by atoms with van der Waals surface area (Å²) >= 11 is 0. The maximum atomic E-state index is 12.0. The molecule has 0 saturated carbocycles. The van der Waals surface area contributed by atoms with E-state index in [-0.39, 0.29) is 13.2 Å². The Bertz CT molecular complexity index is 778. The van der Waals surface area contributed by atoms with Crippen LogP contribution < -0.4 is 9.63 Å². The zero-order chi connectivity index (χ0) is 28.0. The van der Waals surface area contributed by atoms with Crippen LogP contribution in [0.15, 0.2) is 36.4 Å². The van der Waals surface area contributed by atoms with Gasteiger partial charge >= 0.3 is 0 Å². The highest BCUT2D eigenvalue weighted by molar-refractivity contribution is 7.45. The molecule has 220 valence electrons. The summed E-state index contributed by atoms with van der Waals surface area (Å²) < 4.78 is 28.6. The summed E-state index contributed by atoms with van der Waals surface area (Å²) in [5, 5.41) is 0. The molecule has 0 saturated heterocycles. The van der Waals surface area contributed by atoms with E-state index in [9.17, 15) is 9.46 Å². The van der Waals surface area contributed by atoms with Gasteiger partial charge in [-0.3, -0.25) is 4.57 Å². The van der Waals surface area contributed by atoms with Crippen molar-refractivity contribution in [2.24, 2.45) is 0 Å². The molecule has 0 N–H and O–H groups in total. The summed E-state index contributed by atoms with van der Waals surface area (Å²) in [4.78, 5) is 12.0. The topological polar surface area (TPSA) is 67.8 Å². The van der Waals surface area contributed by atoms with Crippen molar-refractivity contribution < 1.29 is 27.7 Å². The molecule has 1 unspecified atom stereocenters. The summed E-state index contributed by atoms with van der Waals surface area (Å²) in [6.07, 6.45) is 23.2. The molecule has 1 rings (SSSR count). The van der Waals surface area contributed by atoms with Crippen LogP contribution in [-0.4, -0.2) is 52.0 Å². The van der Waals surface area contributed by atoms with E-state index in [0.29, 0.717) is 24.1 Å². The molecule has 0 aliphatic carbocycles. The van der Waals surface area contributed by atoms with Crippen molar-refractivity contribution in [3.63, 3.8) is 0 Å². The lowest BCUT2D eigenvalue weighted by Crippen LogP contribution is -2.37. The Morgan fingerprint density at radius 3 is 1.95 bits per heavy atom. The molecule has 0 fully saturated rings. The summed E-state index contributed by atoms with van der Waals surface area (Å²) in [6.45, 7) is 3.68. The highest BCUT2D eigenvalue weighted by Crippen LogP contribution is 2.38. The average molecular weight is 554 g/mol. The Balaban J connectivity index is 2.08. The molecule has 38 heavy (non-hydrogen) atoms. The fourth-order valence-corrected chi connectivity index (χ4v) is 4.81. The molecule has 0 heterocycles. The van der Waals surface area contributed by atoms with E-state index in [0.717, 1.165) is 17.7 Å². The normalized spacial score (nSPS) is 13.7. The van der Waals surface area contributed by atoms with Crippen LogP contribution in [0.25, 0.3) is 0 Å². The van der Waals surface area contributed by atoms with E-state index in [1.165, 1.54) is 83.5 Å². The van der Waals surface area contributed by atoms with Gasteiger partial charge < -0.3 is 23.2 Å². The molecule has 0 radical (unpaired) electrons. The smallest absolute Gasteiger partial charge is 0.268 e. The third-order valence-corrected chi connectivity index (χ3v) is 7.52. The van der Waals surface area contributed by atoms with Crippen LogP contribution in [0.1, 0.15) is 102 Å². The molecule has 1 aromatic rings. The molecule has 0 amide bonds. The SMILES string of the molecule is CCCCCCCC/C=C\CCCCCCCCOc1ccccc1CCOP(=O)([O-])OCC[N+](C)(C)C. The minimum absolute atomic E-state index is 0.0414. The standard InChI is InChI=1S/C31H56NO5P/c1-5-6-7-8-9-10-11-12-13-14-15-16-17-18-19-22-27-35-31-24-21-20-23-30(31)25-28-36-38(33,34)37-29-26-32(2,3)4/h12-13,20-21,23-24H,5-11,14-19,22,25-29H2,1-4H3/b13-12-. The Labute approximate surface area is 234 Å². The number of rotatable bonds is 25. The largest absolute Gasteiger partial charge is 0.756 e. The second-order valence-electron chi connectivity index (χ2n) is 11.3. The second-order valence-corrected chi connectivity index (χ2v) is 12.7. The lowest BCUT2D eigenvalue weighted by atomic mass is 10.1. The van der Waals surface area contributed by atoms with Crippen LogP contribution in [0.2, 0.25) is 0 Å². The first-order valence-corrected chi connectivity index (χ1v) is 16.5. The maximum absolute atomic E-state index is 12.0. The number of phosphoric ester groups is 1. The zero-order valence-electron chi connectivity index (χ0n) is 24.8. The van der Waals surface area contributed by atoms with Gasteiger partial charge in [-0.2, -0.15) is 0 Å². The number of hydrogen-bond acceptors (Lipinski definition) is 5. The van der Waals surface area contributed by atoms with Gasteiger partial charge in [0.05, 0.1) is 34.4 Å². The highest BCUT2D eigenvalue weighted by atomic mass is 31.2. The number of ether oxygens (including phenoxy) is 1. The van der Waals surface area contributed by atoms with Crippen molar-refractivity contribution in [2.45, 2.75) is 103 Å². The number of benzene rings is 1. The third-order valence-electron chi connectivity index (χ3n) is 6.52. The number of para-hydroxylation sites is 1. The highest BCUT2D eigenvalue weighted by Gasteiger charge is 2.14. The number of allylic oxidation sites excluding steroid dienone is 2. The van der Waals surface area contributed by atoms with Crippen LogP contribution >= 0.6 is 7.82 Å². The van der Waals surface area contributed by atoms with Gasteiger partial charge in [0.1, 0.15) is 18.9 Å². The maximum Gasteiger partial charge on any atom is 0.268 e. The first-order valence-electron chi connectivity index (χ1n) is 15.0. The predicted molar refractivity (Wildman–Crippen MR) is 158 cm³/mol. The predicted octanol–water partition coefficient (Wildman–Crippen LogP) is 7.85. The van der Waals surface area contributed by atoms with Crippen LogP contribution in [-0.2, 0) is 20.0 Å². The molecule has 6 nitrogen and oxygen atoms in total. The van der Waals surface area contributed by atoms with E-state index >= 15 is 0 Å². The van der Waals surface area contributed by atoms with Crippen molar-refractivity contribution in [3.05, 3.63) is 42.0 Å². The molecular formula is C31H56NO5P. The van der Waals surface area contributed by atoms with Gasteiger partial charge in [-0.15, -0.1) is 0 Å². The number of nitrogens with zero attached hydrogens (tertiary/aromatic N) is 1. The lowest BCUT2D eigenvalue weighted by molar-refractivity contribution is -0.870. The number of likely N-dealkylation sites (N-methyl/N-ethyl adjacent to an activating group) is 1. The quantitative estimate of drug-likeness (QED) is 0.0534. The number of quaternary nitrogens is 1. The third kappa shape index (κ3) is 20.7. The molecule has 1 aromatic carbocycles. The van der Waals surface area contributed by atoms with Gasteiger partial charge in [0.2, 0.25) is 0 Å². The fraction of sp³-hybridized carbons (Fsp3) is 0.742. The van der Waals surface area contributed by atoms with Gasteiger partial charge in [0, 0.05) is 0 Å². The first-order chi connectivity index (χ1) is 18.2. The Morgan fingerprint density at radius 2 is 1.32 bits per heavy atom. The number of hydrogen-bond donors (Lipinski definition) is 0. The summed E-state index contributed by atoms with van der Waals surface area (Å²) in [5.41, 5.74) is 0.948. The zero-order valence-corrected chi connectivity index (χ0v) is 25.7. The summed E-state index contributed by atoms with van der Waals surface area (Å²) in [6, 6.07) is 7.76. The second kappa shape index (κ2) is 21.6. The Morgan fingerprint density at radius 1 is 0.763 bits per heavy atom. The van der Waals surface area contributed by atoms with Crippen LogP contribution in [0.3, 0.4) is 0 Å². The lowest BCUT2D eigenvalue weighted by Gasteiger charge is -2.27. The van der Waals surface area contributed by atoms with E-state index in [1.807, 2.05) is 45.4 Å². The van der Waals surface area contributed by atoms with Crippen molar-refractivity contribution in [3.8, 4) is 5.75 Å². The Hall–Kier alpha value is -1.17. The van der Waals surface area contributed by atoms with Gasteiger partial charge in [-0.1, -0.05) is 95.1 Å². The minimum atomic E-state index is -4.29. The summed E-state index contributed by atoms with van der Waals surface area (Å²) in [5.74, 6) is 0.801. The van der Waals surface area contributed by atoms with Crippen molar-refractivity contribution in [1.29, 1.82) is 0 Å². The van der Waals surface area contributed by atoms with Crippen LogP contribution in [0, 0.1) is 0 Å². The van der Waals surface area contributed by atoms with E-state index < -0.39 is 7.82 Å². The fourth-order valence-electron chi connectivity index (χ4n) is 4.11. The van der Waals surface area contributed by atoms with Gasteiger partial charge in [-0.05, 0) is 50.2 Å². The molecule has 7 heteroatoms. The van der Waals surface area contributed by atoms with Crippen LogP contribution in [0.4, 0.5) is 0 Å². The minimum Gasteiger partial charge on any atom is -0.756 e. The molecule has 0 aliphatic rings. The van der Waals surface area contributed by atoms with Gasteiger partial charge in [0.15, 0.2) is 0 Å². The molecule has 0 aliphatic heterocycles. The molecule has 0 spiro atoms. The van der Waals surface area contributed by atoms with Crippen molar-refractivity contribution in [2.75, 3.05) is 47.5 Å². The van der Waals surface area contributed by atoms with Crippen molar-refractivity contribution >= 4 is 7.82 Å². The van der Waals surface area contributed by atoms with E-state index in [2.05, 4.69) is 19.1 Å².